The van der Waals surface area contributed by atoms with Gasteiger partial charge in [-0.2, -0.15) is 0 Å². The van der Waals surface area contributed by atoms with Crippen molar-refractivity contribution in [2.24, 2.45) is 0 Å². The average Bonchev–Trinajstić information content (AvgIpc) is 2.45. The fraction of sp³-hybridized carbons (Fsp3) is 0.375. The van der Waals surface area contributed by atoms with Gasteiger partial charge in [-0.25, -0.2) is 0 Å². The first kappa shape index (κ1) is 15.5. The summed E-state index contributed by atoms with van der Waals surface area (Å²) in [6, 6.07) is 8.07. The molecule has 1 aromatic rings. The van der Waals surface area contributed by atoms with Crippen molar-refractivity contribution in [3.63, 3.8) is 0 Å². The van der Waals surface area contributed by atoms with Gasteiger partial charge in [-0.15, -0.1) is 6.58 Å². The molecule has 0 aromatic heterocycles. The van der Waals surface area contributed by atoms with Crippen molar-refractivity contribution in [2.45, 2.75) is 13.0 Å². The number of nitrogens with one attached hydrogen (secondary N) is 1. The van der Waals surface area contributed by atoms with Crippen molar-refractivity contribution in [3.05, 3.63) is 55.1 Å². The lowest BCUT2D eigenvalue weighted by Gasteiger charge is -2.07. The summed E-state index contributed by atoms with van der Waals surface area (Å²) in [6.07, 6.45) is 4.51. The fourth-order valence-electron chi connectivity index (χ4n) is 1.50. The first-order valence-electron chi connectivity index (χ1n) is 6.59. The molecule has 0 radical (unpaired) electrons. The molecule has 0 aliphatic carbocycles. The Morgan fingerprint density at radius 3 is 2.53 bits per heavy atom. The molecular formula is C16H23NO2. The van der Waals surface area contributed by atoms with Gasteiger partial charge in [0.05, 0.1) is 13.2 Å². The lowest BCUT2D eigenvalue weighted by molar-refractivity contribution is 0.140. The zero-order valence-corrected chi connectivity index (χ0v) is 11.4. The Morgan fingerprint density at radius 1 is 1.05 bits per heavy atom. The van der Waals surface area contributed by atoms with E-state index in [-0.39, 0.29) is 0 Å². The molecule has 0 bridgehead atoms. The van der Waals surface area contributed by atoms with Crippen molar-refractivity contribution in [1.29, 1.82) is 0 Å². The summed E-state index contributed by atoms with van der Waals surface area (Å²) in [7, 11) is 0. The van der Waals surface area contributed by atoms with E-state index < -0.39 is 0 Å². The van der Waals surface area contributed by atoms with Crippen LogP contribution in [-0.4, -0.2) is 26.4 Å². The monoisotopic (exact) mass is 261 g/mol. The van der Waals surface area contributed by atoms with E-state index in [9.17, 15) is 0 Å². The molecule has 3 heteroatoms. The van der Waals surface area contributed by atoms with Crippen LogP contribution in [0.3, 0.4) is 0 Å². The van der Waals surface area contributed by atoms with Crippen molar-refractivity contribution >= 4 is 0 Å². The summed E-state index contributed by atoms with van der Waals surface area (Å²) in [4.78, 5) is 0. The third-order valence-corrected chi connectivity index (χ3v) is 2.51. The van der Waals surface area contributed by atoms with E-state index in [0.717, 1.165) is 38.5 Å². The van der Waals surface area contributed by atoms with Gasteiger partial charge >= 0.3 is 0 Å². The van der Waals surface area contributed by atoms with E-state index in [0.29, 0.717) is 6.61 Å². The molecule has 0 atom stereocenters. The molecule has 3 nitrogen and oxygen atoms in total. The third-order valence-electron chi connectivity index (χ3n) is 2.51. The topological polar surface area (TPSA) is 30.5 Å². The Hall–Kier alpha value is -1.58. The molecule has 0 spiro atoms. The molecule has 0 aliphatic rings. The average molecular weight is 261 g/mol. The molecule has 0 heterocycles. The fourth-order valence-corrected chi connectivity index (χ4v) is 1.50. The van der Waals surface area contributed by atoms with E-state index in [4.69, 9.17) is 9.47 Å². The second kappa shape index (κ2) is 10.4. The van der Waals surface area contributed by atoms with Crippen LogP contribution in [-0.2, 0) is 11.3 Å². The zero-order valence-electron chi connectivity index (χ0n) is 11.4. The quantitative estimate of drug-likeness (QED) is 0.491. The predicted molar refractivity (Wildman–Crippen MR) is 79.5 cm³/mol. The van der Waals surface area contributed by atoms with Crippen molar-refractivity contribution in [2.75, 3.05) is 26.4 Å². The molecule has 104 valence electrons. The summed E-state index contributed by atoms with van der Waals surface area (Å²) in [5.41, 5.74) is 1.23. The van der Waals surface area contributed by atoms with Crippen molar-refractivity contribution in [3.8, 4) is 5.75 Å². The van der Waals surface area contributed by atoms with Gasteiger partial charge in [-0.3, -0.25) is 0 Å². The summed E-state index contributed by atoms with van der Waals surface area (Å²) in [5.74, 6) is 0.872. The number of benzene rings is 1. The second-order valence-corrected chi connectivity index (χ2v) is 4.11. The minimum Gasteiger partial charge on any atom is -0.490 e. The maximum Gasteiger partial charge on any atom is 0.119 e. The SMILES string of the molecule is C=CCCOCCNCc1ccc(OCC=C)cc1. The van der Waals surface area contributed by atoms with Crippen LogP contribution in [0.4, 0.5) is 0 Å². The molecule has 0 saturated carbocycles. The van der Waals surface area contributed by atoms with Gasteiger partial charge in [0.1, 0.15) is 12.4 Å². The minimum atomic E-state index is 0.541. The van der Waals surface area contributed by atoms with Crippen LogP contribution in [0.5, 0.6) is 5.75 Å². The first-order valence-corrected chi connectivity index (χ1v) is 6.59. The van der Waals surface area contributed by atoms with Gasteiger partial charge in [-0.05, 0) is 24.1 Å². The Bertz CT molecular complexity index is 360. The van der Waals surface area contributed by atoms with Crippen molar-refractivity contribution in [1.82, 2.24) is 5.32 Å². The number of ether oxygens (including phenoxy) is 2. The minimum absolute atomic E-state index is 0.541. The lowest BCUT2D eigenvalue weighted by Crippen LogP contribution is -2.19. The third kappa shape index (κ3) is 7.44. The van der Waals surface area contributed by atoms with Crippen LogP contribution in [0.15, 0.2) is 49.6 Å². The van der Waals surface area contributed by atoms with Crippen LogP contribution >= 0.6 is 0 Å². The normalized spacial score (nSPS) is 10.1. The standard InChI is InChI=1S/C16H23NO2/c1-3-5-12-18-13-10-17-14-15-6-8-16(9-7-15)19-11-4-2/h3-4,6-9,17H,1-2,5,10-14H2. The highest BCUT2D eigenvalue weighted by atomic mass is 16.5. The van der Waals surface area contributed by atoms with Gasteiger partial charge < -0.3 is 14.8 Å². The highest BCUT2D eigenvalue weighted by Crippen LogP contribution is 2.11. The predicted octanol–water partition coefficient (Wildman–Crippen LogP) is 2.93. The maximum absolute atomic E-state index is 5.42. The lowest BCUT2D eigenvalue weighted by atomic mass is 10.2. The van der Waals surface area contributed by atoms with Crippen LogP contribution in [0.1, 0.15) is 12.0 Å². The van der Waals surface area contributed by atoms with E-state index in [1.807, 2.05) is 18.2 Å². The highest BCUT2D eigenvalue weighted by molar-refractivity contribution is 5.27. The van der Waals surface area contributed by atoms with E-state index in [2.05, 4.69) is 30.6 Å². The molecule has 1 N–H and O–H groups in total. The van der Waals surface area contributed by atoms with E-state index >= 15 is 0 Å². The molecule has 0 saturated heterocycles. The van der Waals surface area contributed by atoms with Crippen LogP contribution in [0.2, 0.25) is 0 Å². The number of rotatable bonds is 11. The van der Waals surface area contributed by atoms with Crippen LogP contribution in [0, 0.1) is 0 Å². The largest absolute Gasteiger partial charge is 0.490 e. The summed E-state index contributed by atoms with van der Waals surface area (Å²) >= 11 is 0. The van der Waals surface area contributed by atoms with Crippen LogP contribution in [0.25, 0.3) is 0 Å². The summed E-state index contributed by atoms with van der Waals surface area (Å²) in [5, 5.41) is 3.33. The van der Waals surface area contributed by atoms with E-state index in [1.54, 1.807) is 6.08 Å². The number of hydrogen-bond acceptors (Lipinski definition) is 3. The Morgan fingerprint density at radius 2 is 1.84 bits per heavy atom. The second-order valence-electron chi connectivity index (χ2n) is 4.11. The highest BCUT2D eigenvalue weighted by Gasteiger charge is 1.95. The molecule has 19 heavy (non-hydrogen) atoms. The first-order chi connectivity index (χ1) is 9.36. The van der Waals surface area contributed by atoms with Gasteiger partial charge in [0.15, 0.2) is 0 Å². The van der Waals surface area contributed by atoms with Crippen molar-refractivity contribution < 1.29 is 9.47 Å². The van der Waals surface area contributed by atoms with Gasteiger partial charge in [0.2, 0.25) is 0 Å². The summed E-state index contributed by atoms with van der Waals surface area (Å²) < 4.78 is 10.8. The van der Waals surface area contributed by atoms with Gasteiger partial charge in [-0.1, -0.05) is 30.9 Å². The molecular weight excluding hydrogens is 238 g/mol. The Balaban J connectivity index is 2.12. The maximum atomic E-state index is 5.42. The summed E-state index contributed by atoms with van der Waals surface area (Å²) in [6.45, 7) is 11.0. The van der Waals surface area contributed by atoms with E-state index in [1.165, 1.54) is 5.56 Å². The van der Waals surface area contributed by atoms with Gasteiger partial charge in [0.25, 0.3) is 0 Å². The van der Waals surface area contributed by atoms with Gasteiger partial charge in [0, 0.05) is 13.1 Å². The number of hydrogen-bond donors (Lipinski definition) is 1. The molecule has 0 amide bonds. The molecule has 1 aromatic carbocycles. The Labute approximate surface area is 115 Å². The van der Waals surface area contributed by atoms with Crippen LogP contribution < -0.4 is 10.1 Å². The zero-order chi connectivity index (χ0) is 13.8. The smallest absolute Gasteiger partial charge is 0.119 e. The molecule has 1 rings (SSSR count). The molecule has 0 fully saturated rings. The molecule has 0 unspecified atom stereocenters. The Kier molecular flexibility index (Phi) is 8.43. The molecule has 0 aliphatic heterocycles.